The Morgan fingerprint density at radius 3 is 1.25 bits per heavy atom. The van der Waals surface area contributed by atoms with E-state index >= 15 is 0 Å². The molecule has 0 saturated heterocycles. The van der Waals surface area contributed by atoms with Crippen LogP contribution in [-0.2, 0) is 11.1 Å². The summed E-state index contributed by atoms with van der Waals surface area (Å²) in [6.07, 6.45) is -7.01. The second kappa shape index (κ2) is 3.75. The van der Waals surface area contributed by atoms with Crippen LogP contribution in [0.5, 0.6) is 0 Å². The topological polar surface area (TPSA) is 40.1 Å². The highest BCUT2D eigenvalue weighted by Crippen LogP contribution is 2.53. The van der Waals surface area contributed by atoms with Crippen molar-refractivity contribution < 1.29 is 48.3 Å². The molecule has 0 aliphatic rings. The van der Waals surface area contributed by atoms with Crippen LogP contribution in [0.2, 0.25) is 0 Å². The fourth-order valence-corrected chi connectivity index (χ4v) is 0.803. The van der Waals surface area contributed by atoms with Gasteiger partial charge in [-0.15, -0.1) is 0 Å². The van der Waals surface area contributed by atoms with E-state index in [9.17, 15) is 48.3 Å². The minimum absolute atomic E-state index is 5.14. The first kappa shape index (κ1) is 15.5. The summed E-state index contributed by atoms with van der Waals surface area (Å²) in [6, 6.07) is 0. The van der Waals surface area contributed by atoms with Crippen molar-refractivity contribution in [1.82, 2.24) is 0 Å². The molecule has 0 N–H and O–H groups in total. The lowest BCUT2D eigenvalue weighted by Crippen LogP contribution is -2.62. The molecule has 0 aliphatic carbocycles. The molecule has 0 spiro atoms. The lowest BCUT2D eigenvalue weighted by Gasteiger charge is -2.34. The molecule has 0 aromatic rings. The Bertz CT molecular complexity index is 294. The number of halogens is 9. The van der Waals surface area contributed by atoms with Gasteiger partial charge in [0.25, 0.3) is 0 Å². The Kier molecular flexibility index (Phi) is 3.63. The summed E-state index contributed by atoms with van der Waals surface area (Å²) in [5.41, 5.74) is 0. The summed E-state index contributed by atoms with van der Waals surface area (Å²) >= 11 is -5.14. The summed E-state index contributed by atoms with van der Waals surface area (Å²) in [6.45, 7) is 0. The third-order valence-electron chi connectivity index (χ3n) is 1.33. The van der Waals surface area contributed by atoms with Crippen molar-refractivity contribution >= 4 is 11.1 Å². The van der Waals surface area contributed by atoms with E-state index in [1.807, 2.05) is 0 Å². The van der Waals surface area contributed by atoms with E-state index in [4.69, 9.17) is 0 Å². The third kappa shape index (κ3) is 1.99. The Labute approximate surface area is 83.7 Å². The molecule has 0 rings (SSSR count). The van der Waals surface area contributed by atoms with Crippen LogP contribution in [0, 0.1) is 0 Å². The molecule has 98 valence electrons. The van der Waals surface area contributed by atoms with Gasteiger partial charge in [-0.25, -0.2) is 0 Å². The van der Waals surface area contributed by atoms with E-state index in [1.54, 1.807) is 0 Å². The molecule has 0 amide bonds. The predicted octanol–water partition coefficient (Wildman–Crippen LogP) is 2.29. The maximum atomic E-state index is 12.1. The molecule has 0 aromatic carbocycles. The lowest BCUT2D eigenvalue weighted by molar-refractivity contribution is -0.382. The van der Waals surface area contributed by atoms with Gasteiger partial charge in [0.05, 0.1) is 0 Å². The summed E-state index contributed by atoms with van der Waals surface area (Å²) in [4.78, 5) is 0. The first-order valence-corrected chi connectivity index (χ1v) is 4.06. The molecule has 1 atom stereocenters. The molecule has 0 aliphatic heterocycles. The van der Waals surface area contributed by atoms with Crippen molar-refractivity contribution in [2.75, 3.05) is 0 Å². The predicted molar refractivity (Wildman–Crippen MR) is 29.8 cm³/mol. The van der Waals surface area contributed by atoms with E-state index in [-0.39, 0.29) is 0 Å². The molecule has 2 nitrogen and oxygen atoms in total. The summed E-state index contributed by atoms with van der Waals surface area (Å²) in [7, 11) is 0. The molecule has 1 unspecified atom stereocenters. The van der Waals surface area contributed by atoms with Crippen LogP contribution in [0.25, 0.3) is 0 Å². The van der Waals surface area contributed by atoms with Crippen molar-refractivity contribution in [3.63, 3.8) is 0 Å². The van der Waals surface area contributed by atoms with E-state index in [0.29, 0.717) is 0 Å². The number of hydrogen-bond acceptors (Lipinski definition) is 2. The monoisotopic (exact) mass is 283 g/mol. The highest BCUT2D eigenvalue weighted by Gasteiger charge is 2.82. The molecule has 0 saturated carbocycles. The fourth-order valence-electron chi connectivity index (χ4n) is 0.465. The maximum absolute atomic E-state index is 12.1. The molecule has 12 heteroatoms. The quantitative estimate of drug-likeness (QED) is 0.589. The zero-order valence-corrected chi connectivity index (χ0v) is 7.44. The van der Waals surface area contributed by atoms with Crippen molar-refractivity contribution in [3.05, 3.63) is 0 Å². The number of rotatable bonds is 3. The van der Waals surface area contributed by atoms with E-state index in [2.05, 4.69) is 0 Å². The van der Waals surface area contributed by atoms with Gasteiger partial charge < -0.3 is 4.55 Å². The first-order chi connectivity index (χ1) is 6.69. The van der Waals surface area contributed by atoms with Crippen LogP contribution in [0.1, 0.15) is 0 Å². The van der Waals surface area contributed by atoms with Crippen molar-refractivity contribution in [2.45, 2.75) is 23.3 Å². The molecule has 0 fully saturated rings. The van der Waals surface area contributed by atoms with Crippen LogP contribution in [0.4, 0.5) is 39.5 Å². The minimum Gasteiger partial charge on any atom is -0.768 e. The average molecular weight is 283 g/mol. The van der Waals surface area contributed by atoms with Crippen molar-refractivity contribution in [3.8, 4) is 0 Å². The second-order valence-corrected chi connectivity index (χ2v) is 3.38. The van der Waals surface area contributed by atoms with Crippen molar-refractivity contribution in [2.24, 2.45) is 0 Å². The standard InChI is InChI=1S/C4HF9O2S/c5-1(6,3(9,10)11)2(7,8)4(12,13)16(14)15/h(H,14,15)/p-1. The normalized spacial score (nSPS) is 17.4. The van der Waals surface area contributed by atoms with Crippen LogP contribution in [-0.4, -0.2) is 32.0 Å². The Hall–Kier alpha value is -0.520. The number of hydrogen-bond donors (Lipinski definition) is 0. The number of alkyl halides is 9. The zero-order valence-electron chi connectivity index (χ0n) is 6.63. The largest absolute Gasteiger partial charge is 0.768 e. The molecular weight excluding hydrogens is 283 g/mol. The third-order valence-corrected chi connectivity index (χ3v) is 2.00. The van der Waals surface area contributed by atoms with Crippen LogP contribution >= 0.6 is 0 Å². The Morgan fingerprint density at radius 2 is 1.06 bits per heavy atom. The SMILES string of the molecule is O=S([O-])C(F)(F)C(F)(F)C(F)(F)C(F)(F)F. The zero-order chi connectivity index (χ0) is 13.6. The minimum atomic E-state index is -7.18. The van der Waals surface area contributed by atoms with E-state index in [1.165, 1.54) is 0 Å². The highest BCUT2D eigenvalue weighted by molar-refractivity contribution is 7.80. The molecule has 0 aromatic heterocycles. The second-order valence-electron chi connectivity index (χ2n) is 2.40. The molecular formula is C4F9O2S-. The fraction of sp³-hybridized carbons (Fsp3) is 1.00. The molecule has 0 radical (unpaired) electrons. The molecule has 0 bridgehead atoms. The Balaban J connectivity index is 5.62. The molecule has 16 heavy (non-hydrogen) atoms. The first-order valence-electron chi connectivity index (χ1n) is 2.99. The van der Waals surface area contributed by atoms with Gasteiger partial charge in [0.2, 0.25) is 0 Å². The smallest absolute Gasteiger partial charge is 0.460 e. The van der Waals surface area contributed by atoms with Gasteiger partial charge >= 0.3 is 23.3 Å². The summed E-state index contributed by atoms with van der Waals surface area (Å²) in [5.74, 6) is -14.3. The van der Waals surface area contributed by atoms with E-state index < -0.39 is 34.4 Å². The average Bonchev–Trinajstić information content (AvgIpc) is 2.00. The van der Waals surface area contributed by atoms with Gasteiger partial charge in [-0.3, -0.25) is 4.21 Å². The highest BCUT2D eigenvalue weighted by atomic mass is 32.2. The van der Waals surface area contributed by atoms with Gasteiger partial charge in [-0.1, -0.05) is 0 Å². The lowest BCUT2D eigenvalue weighted by atomic mass is 10.1. The van der Waals surface area contributed by atoms with Crippen LogP contribution in [0.15, 0.2) is 0 Å². The van der Waals surface area contributed by atoms with E-state index in [0.717, 1.165) is 0 Å². The summed E-state index contributed by atoms with van der Waals surface area (Å²) in [5, 5.41) is -6.55. The van der Waals surface area contributed by atoms with Gasteiger partial charge in [0.15, 0.2) is 0 Å². The van der Waals surface area contributed by atoms with Gasteiger partial charge in [0, 0.05) is 11.1 Å². The summed E-state index contributed by atoms with van der Waals surface area (Å²) < 4.78 is 125. The van der Waals surface area contributed by atoms with Gasteiger partial charge in [0.1, 0.15) is 0 Å². The molecule has 0 heterocycles. The van der Waals surface area contributed by atoms with Crippen LogP contribution in [0.3, 0.4) is 0 Å². The van der Waals surface area contributed by atoms with Gasteiger partial charge in [-0.05, 0) is 0 Å². The maximum Gasteiger partial charge on any atom is 0.460 e. The van der Waals surface area contributed by atoms with Crippen molar-refractivity contribution in [1.29, 1.82) is 0 Å². The van der Waals surface area contributed by atoms with Gasteiger partial charge in [-0.2, -0.15) is 39.5 Å². The van der Waals surface area contributed by atoms with Crippen LogP contribution < -0.4 is 0 Å². The Morgan fingerprint density at radius 1 is 0.750 bits per heavy atom.